The molecule has 2 aromatic carbocycles. The number of hydrogen-bond donors (Lipinski definition) is 3. The largest absolute Gasteiger partial charge is 0.494 e. The molecule has 1 fully saturated rings. The third kappa shape index (κ3) is 6.96. The van der Waals surface area contributed by atoms with Crippen LogP contribution in [0.2, 0.25) is 0 Å². The second kappa shape index (κ2) is 12.6. The molecule has 2 aliphatic rings. The summed E-state index contributed by atoms with van der Waals surface area (Å²) in [6, 6.07) is 17.1. The lowest BCUT2D eigenvalue weighted by atomic mass is 10.0. The smallest absolute Gasteiger partial charge is 0.156 e. The van der Waals surface area contributed by atoms with Gasteiger partial charge in [0.25, 0.3) is 0 Å². The summed E-state index contributed by atoms with van der Waals surface area (Å²) in [5.74, 6) is 7.31. The first-order valence-corrected chi connectivity index (χ1v) is 13.4. The third-order valence-electron chi connectivity index (χ3n) is 7.55. The number of nitrogens with zero attached hydrogens (tertiary/aromatic N) is 3. The van der Waals surface area contributed by atoms with Crippen molar-refractivity contribution in [2.45, 2.75) is 64.0 Å². The minimum absolute atomic E-state index is 0.0861. The van der Waals surface area contributed by atoms with Gasteiger partial charge in [-0.1, -0.05) is 18.2 Å². The highest BCUT2D eigenvalue weighted by atomic mass is 16.6. The Morgan fingerprint density at radius 3 is 2.70 bits per heavy atom. The zero-order valence-corrected chi connectivity index (χ0v) is 22.4. The van der Waals surface area contributed by atoms with Gasteiger partial charge in [0.1, 0.15) is 5.75 Å². The molecule has 0 spiro atoms. The summed E-state index contributed by atoms with van der Waals surface area (Å²) in [7, 11) is 2.10. The van der Waals surface area contributed by atoms with Crippen molar-refractivity contribution < 1.29 is 14.6 Å². The number of rotatable bonds is 11. The van der Waals surface area contributed by atoms with Gasteiger partial charge in [0.2, 0.25) is 0 Å². The van der Waals surface area contributed by atoms with E-state index in [0.717, 1.165) is 49.4 Å². The van der Waals surface area contributed by atoms with Crippen LogP contribution in [-0.2, 0) is 11.2 Å². The molecule has 0 radical (unpaired) electrons. The molecule has 2 aromatic rings. The topological polar surface area (TPSA) is 100 Å². The minimum Gasteiger partial charge on any atom is -0.494 e. The molecule has 4 atom stereocenters. The summed E-state index contributed by atoms with van der Waals surface area (Å²) in [6.45, 7) is 7.42. The zero-order valence-electron chi connectivity index (χ0n) is 22.4. The third-order valence-corrected chi connectivity index (χ3v) is 7.55. The molecule has 4 rings (SSSR count). The van der Waals surface area contributed by atoms with Gasteiger partial charge in [-0.25, -0.2) is 5.84 Å². The number of fused-ring (bicyclic) bond motifs is 1. The molecule has 2 aliphatic heterocycles. The maximum absolute atomic E-state index is 9.86. The fraction of sp³-hybridized carbons (Fsp3) is 0.517. The SMILES string of the molecule is CC1CC(N(C)CCCOc2ccc(/C(=C/N)N(N)CC(C)N3CCc4ccccc43)cc2)CC(O)O1. The summed E-state index contributed by atoms with van der Waals surface area (Å²) in [5.41, 5.74) is 10.4. The molecule has 0 amide bonds. The summed E-state index contributed by atoms with van der Waals surface area (Å²) in [6.07, 6.45) is 4.57. The fourth-order valence-corrected chi connectivity index (χ4v) is 5.52. The summed E-state index contributed by atoms with van der Waals surface area (Å²) < 4.78 is 11.4. The van der Waals surface area contributed by atoms with Crippen LogP contribution in [0.5, 0.6) is 5.75 Å². The highest BCUT2D eigenvalue weighted by molar-refractivity contribution is 5.64. The van der Waals surface area contributed by atoms with Gasteiger partial charge in [-0.05, 0) is 76.1 Å². The number of para-hydroxylation sites is 1. The predicted molar refractivity (Wildman–Crippen MR) is 149 cm³/mol. The quantitative estimate of drug-likeness (QED) is 0.241. The van der Waals surface area contributed by atoms with Crippen molar-refractivity contribution in [2.24, 2.45) is 11.6 Å². The first-order chi connectivity index (χ1) is 17.9. The van der Waals surface area contributed by atoms with E-state index < -0.39 is 6.29 Å². The number of benzene rings is 2. The van der Waals surface area contributed by atoms with Crippen LogP contribution in [0.15, 0.2) is 54.7 Å². The van der Waals surface area contributed by atoms with Crippen molar-refractivity contribution in [1.82, 2.24) is 9.91 Å². The van der Waals surface area contributed by atoms with Crippen molar-refractivity contribution in [2.75, 3.05) is 38.2 Å². The van der Waals surface area contributed by atoms with Crippen LogP contribution >= 0.6 is 0 Å². The molecule has 0 aromatic heterocycles. The standard InChI is InChI=1S/C29H43N5O3/c1-21(33-15-13-23-7-4-5-8-27(23)33)20-34(31)28(19-30)24-9-11-26(12-10-24)36-16-6-14-32(3)25-17-22(2)37-29(35)18-25/h4-5,7-12,19,21-22,25,29,35H,6,13-18,20,30-31H2,1-3H3/b28-19-. The normalized spacial score (nSPS) is 22.7. The van der Waals surface area contributed by atoms with Gasteiger partial charge >= 0.3 is 0 Å². The van der Waals surface area contributed by atoms with Gasteiger partial charge in [0.15, 0.2) is 6.29 Å². The zero-order chi connectivity index (χ0) is 26.4. The number of anilines is 1. The predicted octanol–water partition coefficient (Wildman–Crippen LogP) is 3.16. The highest BCUT2D eigenvalue weighted by Crippen LogP contribution is 2.30. The average Bonchev–Trinajstić information content (AvgIpc) is 3.31. The molecule has 0 saturated carbocycles. The Bertz CT molecular complexity index is 1020. The average molecular weight is 510 g/mol. The first-order valence-electron chi connectivity index (χ1n) is 13.4. The van der Waals surface area contributed by atoms with Crippen molar-refractivity contribution in [1.29, 1.82) is 0 Å². The Morgan fingerprint density at radius 2 is 1.97 bits per heavy atom. The van der Waals surface area contributed by atoms with Crippen molar-refractivity contribution in [3.63, 3.8) is 0 Å². The van der Waals surface area contributed by atoms with Crippen LogP contribution in [0.4, 0.5) is 5.69 Å². The van der Waals surface area contributed by atoms with E-state index >= 15 is 0 Å². The van der Waals surface area contributed by atoms with Crippen LogP contribution < -0.4 is 21.2 Å². The fourth-order valence-electron chi connectivity index (χ4n) is 5.52. The Labute approximate surface area is 221 Å². The van der Waals surface area contributed by atoms with Gasteiger partial charge < -0.3 is 35.1 Å². The number of aliphatic hydroxyl groups excluding tert-OH is 1. The Morgan fingerprint density at radius 1 is 1.22 bits per heavy atom. The Balaban J connectivity index is 1.24. The van der Waals surface area contributed by atoms with E-state index in [-0.39, 0.29) is 12.1 Å². The molecule has 8 nitrogen and oxygen atoms in total. The van der Waals surface area contributed by atoms with Crippen LogP contribution in [0.25, 0.3) is 5.70 Å². The van der Waals surface area contributed by atoms with Crippen molar-refractivity contribution in [3.05, 3.63) is 65.9 Å². The van der Waals surface area contributed by atoms with Crippen LogP contribution in [0, 0.1) is 0 Å². The lowest BCUT2D eigenvalue weighted by Crippen LogP contribution is -2.44. The number of aliphatic hydroxyl groups is 1. The number of ether oxygens (including phenoxy) is 2. The first kappa shape index (κ1) is 27.3. The van der Waals surface area contributed by atoms with Gasteiger partial charge in [0, 0.05) is 49.0 Å². The van der Waals surface area contributed by atoms with Crippen LogP contribution in [0.3, 0.4) is 0 Å². The molecular weight excluding hydrogens is 466 g/mol. The van der Waals surface area contributed by atoms with Gasteiger partial charge in [-0.2, -0.15) is 0 Å². The number of nitrogens with two attached hydrogens (primary N) is 2. The van der Waals surface area contributed by atoms with Crippen molar-refractivity contribution in [3.8, 4) is 5.75 Å². The van der Waals surface area contributed by atoms with Gasteiger partial charge in [-0.15, -0.1) is 0 Å². The van der Waals surface area contributed by atoms with E-state index in [1.807, 2.05) is 31.2 Å². The lowest BCUT2D eigenvalue weighted by Gasteiger charge is -2.36. The maximum atomic E-state index is 9.86. The molecule has 8 heteroatoms. The molecule has 202 valence electrons. The lowest BCUT2D eigenvalue weighted by molar-refractivity contribution is -0.173. The van der Waals surface area contributed by atoms with E-state index in [1.54, 1.807) is 11.2 Å². The van der Waals surface area contributed by atoms with E-state index in [0.29, 0.717) is 25.6 Å². The molecule has 37 heavy (non-hydrogen) atoms. The van der Waals surface area contributed by atoms with E-state index in [1.165, 1.54) is 11.3 Å². The summed E-state index contributed by atoms with van der Waals surface area (Å²) in [5, 5.41) is 11.6. The highest BCUT2D eigenvalue weighted by Gasteiger charge is 2.28. The van der Waals surface area contributed by atoms with Crippen molar-refractivity contribution >= 4 is 11.4 Å². The molecule has 0 aliphatic carbocycles. The molecule has 0 bridgehead atoms. The Hall–Kier alpha value is -2.78. The number of hydrazine groups is 1. The molecule has 5 N–H and O–H groups in total. The van der Waals surface area contributed by atoms with E-state index in [4.69, 9.17) is 21.1 Å². The second-order valence-electron chi connectivity index (χ2n) is 10.4. The molecule has 2 heterocycles. The summed E-state index contributed by atoms with van der Waals surface area (Å²) in [4.78, 5) is 4.72. The molecule has 4 unspecified atom stereocenters. The van der Waals surface area contributed by atoms with Crippen LogP contribution in [0.1, 0.15) is 44.2 Å². The summed E-state index contributed by atoms with van der Waals surface area (Å²) >= 11 is 0. The monoisotopic (exact) mass is 509 g/mol. The molecular formula is C29H43N5O3. The van der Waals surface area contributed by atoms with Crippen LogP contribution in [-0.4, -0.2) is 72.8 Å². The number of hydrogen-bond acceptors (Lipinski definition) is 8. The molecule has 1 saturated heterocycles. The van der Waals surface area contributed by atoms with E-state index in [2.05, 4.69) is 48.0 Å². The Kier molecular flexibility index (Phi) is 9.32. The van der Waals surface area contributed by atoms with Gasteiger partial charge in [0.05, 0.1) is 25.0 Å². The van der Waals surface area contributed by atoms with E-state index in [9.17, 15) is 5.11 Å². The van der Waals surface area contributed by atoms with Gasteiger partial charge in [-0.3, -0.25) is 0 Å². The minimum atomic E-state index is -0.664. The maximum Gasteiger partial charge on any atom is 0.156 e. The second-order valence-corrected chi connectivity index (χ2v) is 10.4.